The number of fused-ring (bicyclic) bond motifs is 5. The van der Waals surface area contributed by atoms with Crippen molar-refractivity contribution in [3.05, 3.63) is 35.5 Å². The lowest BCUT2D eigenvalue weighted by molar-refractivity contribution is -0.140. The van der Waals surface area contributed by atoms with Gasteiger partial charge in [0, 0.05) is 23.5 Å². The third kappa shape index (κ3) is 2.67. The highest BCUT2D eigenvalue weighted by Crippen LogP contribution is 2.45. The molecule has 7 heteroatoms. The second-order valence-corrected chi connectivity index (χ2v) is 9.38. The Hall–Kier alpha value is -2.83. The van der Waals surface area contributed by atoms with Crippen molar-refractivity contribution < 1.29 is 14.4 Å². The number of hydrogen-bond acceptors (Lipinski definition) is 3. The summed E-state index contributed by atoms with van der Waals surface area (Å²) in [6.45, 7) is 6.29. The van der Waals surface area contributed by atoms with Gasteiger partial charge in [0.15, 0.2) is 5.54 Å². The first-order valence-electron chi connectivity index (χ1n) is 10.9. The number of rotatable bonds is 5. The van der Waals surface area contributed by atoms with Gasteiger partial charge in [-0.3, -0.25) is 9.59 Å². The molecule has 2 N–H and O–H groups in total. The summed E-state index contributed by atoms with van der Waals surface area (Å²) in [5.41, 5.74) is 1.73. The molecule has 1 saturated carbocycles. The molecule has 7 nitrogen and oxygen atoms in total. The molecule has 0 radical (unpaired) electrons. The fourth-order valence-electron chi connectivity index (χ4n) is 4.99. The number of carbonyl (C=O) groups excluding carboxylic acids is 3. The lowest BCUT2D eigenvalue weighted by Gasteiger charge is -2.36. The largest absolute Gasteiger partial charge is 0.356 e. The van der Waals surface area contributed by atoms with Crippen LogP contribution in [0.5, 0.6) is 0 Å². The SMILES string of the molecule is CC(C)C[C@H](C(=O)NC1CC1)N1C(=O)N2CCc3c([nH]c4ccccc34)[C@]2(C)C1=O. The number of amides is 4. The van der Waals surface area contributed by atoms with Crippen LogP contribution in [0.1, 0.15) is 51.3 Å². The number of urea groups is 1. The van der Waals surface area contributed by atoms with Crippen LogP contribution in [0.4, 0.5) is 4.79 Å². The number of aromatic amines is 1. The third-order valence-corrected chi connectivity index (χ3v) is 6.73. The van der Waals surface area contributed by atoms with Crippen LogP contribution in [0.15, 0.2) is 24.3 Å². The summed E-state index contributed by atoms with van der Waals surface area (Å²) in [5, 5.41) is 4.10. The van der Waals surface area contributed by atoms with Gasteiger partial charge in [0.1, 0.15) is 6.04 Å². The van der Waals surface area contributed by atoms with Crippen molar-refractivity contribution in [1.29, 1.82) is 0 Å². The molecule has 1 aromatic carbocycles. The van der Waals surface area contributed by atoms with Crippen molar-refractivity contribution in [2.75, 3.05) is 6.54 Å². The van der Waals surface area contributed by atoms with Gasteiger partial charge < -0.3 is 15.2 Å². The van der Waals surface area contributed by atoms with Gasteiger partial charge >= 0.3 is 6.03 Å². The smallest absolute Gasteiger partial charge is 0.328 e. The molecule has 0 bridgehead atoms. The predicted octanol–water partition coefficient (Wildman–Crippen LogP) is 2.90. The molecule has 5 rings (SSSR count). The average molecular weight is 409 g/mol. The topological polar surface area (TPSA) is 85.5 Å². The molecule has 2 aliphatic heterocycles. The zero-order chi connectivity index (χ0) is 21.2. The Kier molecular flexibility index (Phi) is 4.21. The van der Waals surface area contributed by atoms with E-state index in [-0.39, 0.29) is 29.8 Å². The molecule has 3 heterocycles. The molecule has 1 saturated heterocycles. The van der Waals surface area contributed by atoms with Gasteiger partial charge in [0.2, 0.25) is 5.91 Å². The van der Waals surface area contributed by atoms with Gasteiger partial charge in [-0.25, -0.2) is 9.69 Å². The Morgan fingerprint density at radius 1 is 1.27 bits per heavy atom. The van der Waals surface area contributed by atoms with E-state index in [1.165, 1.54) is 4.90 Å². The number of carbonyl (C=O) groups is 3. The first-order valence-corrected chi connectivity index (χ1v) is 10.9. The Balaban J connectivity index is 1.57. The molecule has 1 aliphatic carbocycles. The lowest BCUT2D eigenvalue weighted by atomic mass is 9.87. The van der Waals surface area contributed by atoms with E-state index in [1.54, 1.807) is 4.90 Å². The first kappa shape index (κ1) is 19.2. The van der Waals surface area contributed by atoms with E-state index in [0.29, 0.717) is 19.4 Å². The number of benzene rings is 1. The van der Waals surface area contributed by atoms with Gasteiger partial charge in [-0.15, -0.1) is 0 Å². The fourth-order valence-corrected chi connectivity index (χ4v) is 4.99. The summed E-state index contributed by atoms with van der Waals surface area (Å²) in [7, 11) is 0. The standard InChI is InChI=1S/C23H28N4O3/c1-13(2)12-18(20(28)24-14-8-9-14)27-21(29)23(3)19-16(10-11-26(23)22(27)30)15-6-4-5-7-17(15)25-19/h4-7,13-14,18,25H,8-12H2,1-3H3,(H,24,28)/t18-,23-/m1/s1. The summed E-state index contributed by atoms with van der Waals surface area (Å²) in [6.07, 6.45) is 3.07. The van der Waals surface area contributed by atoms with Gasteiger partial charge in [-0.2, -0.15) is 0 Å². The molecule has 2 fully saturated rings. The molecule has 1 aromatic heterocycles. The van der Waals surface area contributed by atoms with Crippen molar-refractivity contribution in [3.8, 4) is 0 Å². The number of hydrogen-bond donors (Lipinski definition) is 2. The highest BCUT2D eigenvalue weighted by Gasteiger charge is 2.60. The maximum atomic E-state index is 13.8. The van der Waals surface area contributed by atoms with E-state index < -0.39 is 11.6 Å². The van der Waals surface area contributed by atoms with E-state index >= 15 is 0 Å². The van der Waals surface area contributed by atoms with Gasteiger partial charge in [0.05, 0.1) is 5.69 Å². The maximum absolute atomic E-state index is 13.8. The second kappa shape index (κ2) is 6.59. The van der Waals surface area contributed by atoms with E-state index in [4.69, 9.17) is 0 Å². The molecular weight excluding hydrogens is 380 g/mol. The van der Waals surface area contributed by atoms with Crippen molar-refractivity contribution in [2.24, 2.45) is 5.92 Å². The van der Waals surface area contributed by atoms with E-state index in [0.717, 1.165) is 35.0 Å². The van der Waals surface area contributed by atoms with Crippen LogP contribution in [-0.4, -0.2) is 51.3 Å². The molecule has 2 atom stereocenters. The summed E-state index contributed by atoms with van der Waals surface area (Å²) >= 11 is 0. The summed E-state index contributed by atoms with van der Waals surface area (Å²) in [6, 6.07) is 7.03. The molecule has 30 heavy (non-hydrogen) atoms. The van der Waals surface area contributed by atoms with Gasteiger partial charge in [0.25, 0.3) is 5.91 Å². The maximum Gasteiger partial charge on any atom is 0.328 e. The highest BCUT2D eigenvalue weighted by atomic mass is 16.2. The fraction of sp³-hybridized carbons (Fsp3) is 0.522. The predicted molar refractivity (Wildman–Crippen MR) is 113 cm³/mol. The average Bonchev–Trinajstić information content (AvgIpc) is 3.39. The van der Waals surface area contributed by atoms with Crippen molar-refractivity contribution in [1.82, 2.24) is 20.1 Å². The zero-order valence-corrected chi connectivity index (χ0v) is 17.7. The minimum Gasteiger partial charge on any atom is -0.356 e. The molecule has 158 valence electrons. The zero-order valence-electron chi connectivity index (χ0n) is 17.7. The number of aromatic nitrogens is 1. The molecule has 0 spiro atoms. The van der Waals surface area contributed by atoms with Crippen molar-refractivity contribution in [2.45, 2.75) is 64.1 Å². The highest BCUT2D eigenvalue weighted by molar-refractivity contribution is 6.11. The minimum atomic E-state index is -1.11. The number of imide groups is 1. The van der Waals surface area contributed by atoms with Crippen molar-refractivity contribution in [3.63, 3.8) is 0 Å². The van der Waals surface area contributed by atoms with Gasteiger partial charge in [-0.05, 0) is 50.2 Å². The van der Waals surface area contributed by atoms with E-state index in [1.807, 2.05) is 45.0 Å². The van der Waals surface area contributed by atoms with Gasteiger partial charge in [-0.1, -0.05) is 32.0 Å². The molecule has 2 aromatic rings. The molecule has 0 unspecified atom stereocenters. The summed E-state index contributed by atoms with van der Waals surface area (Å²) < 4.78 is 0. The third-order valence-electron chi connectivity index (χ3n) is 6.73. The Morgan fingerprint density at radius 2 is 2.00 bits per heavy atom. The minimum absolute atomic E-state index is 0.176. The Morgan fingerprint density at radius 3 is 2.70 bits per heavy atom. The Labute approximate surface area is 175 Å². The summed E-state index contributed by atoms with van der Waals surface area (Å²) in [5.74, 6) is -0.348. The number of nitrogens with one attached hydrogen (secondary N) is 2. The second-order valence-electron chi connectivity index (χ2n) is 9.38. The quantitative estimate of drug-likeness (QED) is 0.746. The number of nitrogens with zero attached hydrogens (tertiary/aromatic N) is 2. The van der Waals surface area contributed by atoms with Crippen LogP contribution in [0.2, 0.25) is 0 Å². The van der Waals surface area contributed by atoms with E-state index in [9.17, 15) is 14.4 Å². The molecule has 4 amide bonds. The van der Waals surface area contributed by atoms with Crippen LogP contribution in [0.25, 0.3) is 10.9 Å². The van der Waals surface area contributed by atoms with Crippen LogP contribution in [-0.2, 0) is 21.5 Å². The lowest BCUT2D eigenvalue weighted by Crippen LogP contribution is -2.51. The normalized spacial score (nSPS) is 24.4. The summed E-state index contributed by atoms with van der Waals surface area (Å²) in [4.78, 5) is 46.6. The van der Waals surface area contributed by atoms with Crippen molar-refractivity contribution >= 4 is 28.7 Å². The molecule has 3 aliphatic rings. The van der Waals surface area contributed by atoms with E-state index in [2.05, 4.69) is 10.3 Å². The number of para-hydroxylation sites is 1. The monoisotopic (exact) mass is 408 g/mol. The van der Waals surface area contributed by atoms with Crippen LogP contribution >= 0.6 is 0 Å². The number of H-pyrrole nitrogens is 1. The van der Waals surface area contributed by atoms with Crippen LogP contribution < -0.4 is 5.32 Å². The van der Waals surface area contributed by atoms with Crippen LogP contribution in [0, 0.1) is 5.92 Å². The van der Waals surface area contributed by atoms with Crippen LogP contribution in [0.3, 0.4) is 0 Å². The molecular formula is C23H28N4O3. The first-order chi connectivity index (χ1) is 14.3. The Bertz CT molecular complexity index is 1050.